The van der Waals surface area contributed by atoms with Crippen LogP contribution in [-0.2, 0) is 6.54 Å². The first kappa shape index (κ1) is 10.3. The van der Waals surface area contributed by atoms with Crippen LogP contribution in [0.15, 0.2) is 12.1 Å². The van der Waals surface area contributed by atoms with Gasteiger partial charge in [-0.15, -0.1) is 0 Å². The number of hydrogen-bond donors (Lipinski definition) is 1. The third-order valence-corrected chi connectivity index (χ3v) is 3.04. The average Bonchev–Trinajstić information content (AvgIpc) is 2.51. The lowest BCUT2D eigenvalue weighted by Crippen LogP contribution is -2.30. The van der Waals surface area contributed by atoms with E-state index in [0.717, 1.165) is 5.56 Å². The minimum Gasteiger partial charge on any atom is -0.398 e. The number of rotatable bonds is 1. The number of benzene rings is 1. The van der Waals surface area contributed by atoms with Crippen LogP contribution in [0.25, 0.3) is 0 Å². The van der Waals surface area contributed by atoms with E-state index in [2.05, 4.69) is 0 Å². The van der Waals surface area contributed by atoms with Crippen molar-refractivity contribution in [1.29, 1.82) is 0 Å². The SMILES string of the molecule is CC(C)N1Cc2c(N)ccc(Cl)c2C1=O. The molecule has 0 saturated carbocycles. The van der Waals surface area contributed by atoms with Crippen molar-refractivity contribution in [3.8, 4) is 0 Å². The maximum absolute atomic E-state index is 12.0. The fourth-order valence-electron chi connectivity index (χ4n) is 1.84. The second-order valence-electron chi connectivity index (χ2n) is 4.02. The Morgan fingerprint density at radius 1 is 1.47 bits per heavy atom. The Morgan fingerprint density at radius 2 is 2.13 bits per heavy atom. The number of fused-ring (bicyclic) bond motifs is 1. The zero-order chi connectivity index (χ0) is 11.2. The van der Waals surface area contributed by atoms with Gasteiger partial charge in [-0.1, -0.05) is 11.6 Å². The van der Waals surface area contributed by atoms with E-state index in [9.17, 15) is 4.79 Å². The monoisotopic (exact) mass is 224 g/mol. The summed E-state index contributed by atoms with van der Waals surface area (Å²) in [4.78, 5) is 13.8. The van der Waals surface area contributed by atoms with E-state index in [1.807, 2.05) is 13.8 Å². The first-order valence-corrected chi connectivity index (χ1v) is 5.28. The van der Waals surface area contributed by atoms with Gasteiger partial charge in [-0.05, 0) is 26.0 Å². The standard InChI is InChI=1S/C11H13ClN2O/c1-6(2)14-5-7-9(13)4-3-8(12)10(7)11(14)15/h3-4,6H,5,13H2,1-2H3. The van der Waals surface area contributed by atoms with E-state index in [4.69, 9.17) is 17.3 Å². The number of carbonyl (C=O) groups is 1. The Hall–Kier alpha value is -1.22. The minimum atomic E-state index is -0.0164. The van der Waals surface area contributed by atoms with E-state index in [1.54, 1.807) is 17.0 Å². The predicted molar refractivity (Wildman–Crippen MR) is 60.9 cm³/mol. The molecule has 1 aromatic carbocycles. The van der Waals surface area contributed by atoms with Gasteiger partial charge in [0.15, 0.2) is 0 Å². The second kappa shape index (κ2) is 3.42. The number of carbonyl (C=O) groups excluding carboxylic acids is 1. The molecule has 15 heavy (non-hydrogen) atoms. The largest absolute Gasteiger partial charge is 0.398 e. The van der Waals surface area contributed by atoms with Gasteiger partial charge in [0.25, 0.3) is 5.91 Å². The number of nitrogens with zero attached hydrogens (tertiary/aromatic N) is 1. The number of amides is 1. The first-order chi connectivity index (χ1) is 7.02. The topological polar surface area (TPSA) is 46.3 Å². The highest BCUT2D eigenvalue weighted by Gasteiger charge is 2.32. The van der Waals surface area contributed by atoms with Crippen LogP contribution in [0.2, 0.25) is 5.02 Å². The molecule has 0 bridgehead atoms. The molecule has 1 heterocycles. The summed E-state index contributed by atoms with van der Waals surface area (Å²) in [6, 6.07) is 3.59. The van der Waals surface area contributed by atoms with Crippen molar-refractivity contribution in [2.24, 2.45) is 0 Å². The molecule has 1 aliphatic rings. The molecular weight excluding hydrogens is 212 g/mol. The van der Waals surface area contributed by atoms with Gasteiger partial charge in [0.1, 0.15) is 0 Å². The quantitative estimate of drug-likeness (QED) is 0.744. The molecule has 0 fully saturated rings. The average molecular weight is 225 g/mol. The summed E-state index contributed by atoms with van der Waals surface area (Å²) >= 11 is 6.00. The summed E-state index contributed by atoms with van der Waals surface area (Å²) in [6.45, 7) is 4.53. The Labute approximate surface area is 93.8 Å². The molecule has 1 amide bonds. The highest BCUT2D eigenvalue weighted by atomic mass is 35.5. The summed E-state index contributed by atoms with van der Waals surface area (Å²) in [6.07, 6.45) is 0. The van der Waals surface area contributed by atoms with Crippen molar-refractivity contribution in [2.75, 3.05) is 5.73 Å². The summed E-state index contributed by atoms with van der Waals surface area (Å²) < 4.78 is 0. The van der Waals surface area contributed by atoms with Gasteiger partial charge in [0.05, 0.1) is 10.6 Å². The summed E-state index contributed by atoms with van der Waals surface area (Å²) in [7, 11) is 0. The molecule has 0 saturated heterocycles. The molecule has 2 N–H and O–H groups in total. The lowest BCUT2D eigenvalue weighted by atomic mass is 10.1. The van der Waals surface area contributed by atoms with Crippen LogP contribution >= 0.6 is 11.6 Å². The van der Waals surface area contributed by atoms with Gasteiger partial charge in [-0.2, -0.15) is 0 Å². The van der Waals surface area contributed by atoms with Gasteiger partial charge in [0, 0.05) is 23.8 Å². The van der Waals surface area contributed by atoms with Crippen molar-refractivity contribution in [1.82, 2.24) is 4.90 Å². The molecule has 0 aliphatic carbocycles. The number of nitrogen functional groups attached to an aromatic ring is 1. The van der Waals surface area contributed by atoms with E-state index >= 15 is 0 Å². The van der Waals surface area contributed by atoms with Crippen LogP contribution in [0.5, 0.6) is 0 Å². The minimum absolute atomic E-state index is 0.0164. The smallest absolute Gasteiger partial charge is 0.256 e. The predicted octanol–water partition coefficient (Wildman–Crippen LogP) is 2.29. The molecule has 0 spiro atoms. The zero-order valence-electron chi connectivity index (χ0n) is 8.75. The fourth-order valence-corrected chi connectivity index (χ4v) is 2.10. The Balaban J connectivity index is 2.54. The summed E-state index contributed by atoms with van der Waals surface area (Å²) in [5.74, 6) is -0.0164. The van der Waals surface area contributed by atoms with Crippen LogP contribution in [0.4, 0.5) is 5.69 Å². The maximum atomic E-state index is 12.0. The molecule has 0 unspecified atom stereocenters. The van der Waals surface area contributed by atoms with Crippen molar-refractivity contribution < 1.29 is 4.79 Å². The number of nitrogens with two attached hydrogens (primary N) is 1. The third kappa shape index (κ3) is 1.47. The number of hydrogen-bond acceptors (Lipinski definition) is 2. The highest BCUT2D eigenvalue weighted by molar-refractivity contribution is 6.34. The van der Waals surface area contributed by atoms with Crippen LogP contribution in [0.1, 0.15) is 29.8 Å². The molecule has 2 rings (SSSR count). The van der Waals surface area contributed by atoms with Crippen molar-refractivity contribution >= 4 is 23.2 Å². The Morgan fingerprint density at radius 3 is 2.67 bits per heavy atom. The molecule has 1 aliphatic heterocycles. The van der Waals surface area contributed by atoms with Crippen LogP contribution in [-0.4, -0.2) is 16.8 Å². The molecule has 0 aromatic heterocycles. The number of halogens is 1. The van der Waals surface area contributed by atoms with Gasteiger partial charge < -0.3 is 10.6 Å². The fraction of sp³-hybridized carbons (Fsp3) is 0.364. The van der Waals surface area contributed by atoms with E-state index in [-0.39, 0.29) is 11.9 Å². The third-order valence-electron chi connectivity index (χ3n) is 2.72. The molecule has 4 heteroatoms. The number of anilines is 1. The van der Waals surface area contributed by atoms with E-state index in [1.165, 1.54) is 0 Å². The lowest BCUT2D eigenvalue weighted by Gasteiger charge is -2.19. The Bertz CT molecular complexity index is 429. The molecular formula is C11H13ClN2O. The first-order valence-electron chi connectivity index (χ1n) is 4.90. The van der Waals surface area contributed by atoms with Crippen LogP contribution in [0.3, 0.4) is 0 Å². The maximum Gasteiger partial charge on any atom is 0.256 e. The van der Waals surface area contributed by atoms with Gasteiger partial charge >= 0.3 is 0 Å². The molecule has 0 atom stereocenters. The normalized spacial score (nSPS) is 14.9. The molecule has 0 radical (unpaired) electrons. The van der Waals surface area contributed by atoms with Crippen molar-refractivity contribution in [3.05, 3.63) is 28.3 Å². The van der Waals surface area contributed by atoms with E-state index in [0.29, 0.717) is 22.8 Å². The molecule has 80 valence electrons. The van der Waals surface area contributed by atoms with Crippen LogP contribution in [0, 0.1) is 0 Å². The van der Waals surface area contributed by atoms with Crippen LogP contribution < -0.4 is 5.73 Å². The Kier molecular flexibility index (Phi) is 2.35. The highest BCUT2D eigenvalue weighted by Crippen LogP contribution is 2.33. The summed E-state index contributed by atoms with van der Waals surface area (Å²) in [5.41, 5.74) is 7.91. The molecule has 1 aromatic rings. The van der Waals surface area contributed by atoms with Crippen molar-refractivity contribution in [2.45, 2.75) is 26.4 Å². The second-order valence-corrected chi connectivity index (χ2v) is 4.42. The zero-order valence-corrected chi connectivity index (χ0v) is 9.51. The van der Waals surface area contributed by atoms with E-state index < -0.39 is 0 Å². The van der Waals surface area contributed by atoms with Gasteiger partial charge in [-0.3, -0.25) is 4.79 Å². The van der Waals surface area contributed by atoms with Crippen molar-refractivity contribution in [3.63, 3.8) is 0 Å². The van der Waals surface area contributed by atoms with Gasteiger partial charge in [-0.25, -0.2) is 0 Å². The summed E-state index contributed by atoms with van der Waals surface area (Å²) in [5, 5.41) is 0.493. The molecule has 3 nitrogen and oxygen atoms in total. The van der Waals surface area contributed by atoms with Gasteiger partial charge in [0.2, 0.25) is 0 Å². The lowest BCUT2D eigenvalue weighted by molar-refractivity contribution is 0.0731.